The molecule has 0 bridgehead atoms. The second-order valence-electron chi connectivity index (χ2n) is 3.23. The molecule has 0 spiro atoms. The number of carbonyl (C=O) groups is 1. The Labute approximate surface area is 84.3 Å². The lowest BCUT2D eigenvalue weighted by Gasteiger charge is -2.11. The quantitative estimate of drug-likeness (QED) is 0.526. The minimum Gasteiger partial charge on any atom is -0.359 e. The number of benzene rings is 1. The zero-order valence-electron chi connectivity index (χ0n) is 8.15. The van der Waals surface area contributed by atoms with Gasteiger partial charge in [0.15, 0.2) is 0 Å². The number of hydrogen-bond donors (Lipinski definition) is 2. The molecule has 1 aromatic rings. The topological polar surface area (TPSA) is 55.1 Å². The normalized spacial score (nSPS) is 12.1. The van der Waals surface area contributed by atoms with Gasteiger partial charge in [0.1, 0.15) is 0 Å². The second-order valence-corrected chi connectivity index (χ2v) is 3.23. The predicted molar refractivity (Wildman–Crippen MR) is 56.7 cm³/mol. The van der Waals surface area contributed by atoms with Crippen LogP contribution in [0.15, 0.2) is 30.3 Å². The summed E-state index contributed by atoms with van der Waals surface area (Å²) in [5.74, 6) is 0. The first-order valence-corrected chi connectivity index (χ1v) is 4.82. The lowest BCUT2D eigenvalue weighted by Crippen LogP contribution is -2.16. The van der Waals surface area contributed by atoms with E-state index in [4.69, 9.17) is 5.73 Å². The maximum atomic E-state index is 9.98. The molecule has 76 valence electrons. The summed E-state index contributed by atoms with van der Waals surface area (Å²) in [6.45, 7) is 0.698. The fourth-order valence-corrected chi connectivity index (χ4v) is 1.35. The third-order valence-electron chi connectivity index (χ3n) is 2.15. The molecule has 3 N–H and O–H groups in total. The SMILES string of the molecule is N[C@H](CCCNC=O)c1ccccc1. The van der Waals surface area contributed by atoms with Crippen LogP contribution < -0.4 is 11.1 Å². The molecule has 0 saturated carbocycles. The molecule has 3 nitrogen and oxygen atoms in total. The largest absolute Gasteiger partial charge is 0.359 e. The first-order chi connectivity index (χ1) is 6.84. The van der Waals surface area contributed by atoms with Gasteiger partial charge in [-0.05, 0) is 18.4 Å². The highest BCUT2D eigenvalue weighted by atomic mass is 16.1. The highest BCUT2D eigenvalue weighted by Gasteiger charge is 2.03. The Morgan fingerprint density at radius 3 is 2.71 bits per heavy atom. The van der Waals surface area contributed by atoms with Crippen LogP contribution in [0.3, 0.4) is 0 Å². The average Bonchev–Trinajstić information content (AvgIpc) is 2.25. The molecule has 1 aromatic carbocycles. The maximum Gasteiger partial charge on any atom is 0.207 e. The first kappa shape index (κ1) is 10.7. The molecular weight excluding hydrogens is 176 g/mol. The van der Waals surface area contributed by atoms with Gasteiger partial charge in [0.25, 0.3) is 0 Å². The van der Waals surface area contributed by atoms with Gasteiger partial charge in [0.05, 0.1) is 0 Å². The maximum absolute atomic E-state index is 9.98. The van der Waals surface area contributed by atoms with Crippen LogP contribution in [0.25, 0.3) is 0 Å². The molecule has 0 aliphatic heterocycles. The second kappa shape index (κ2) is 6.16. The highest BCUT2D eigenvalue weighted by Crippen LogP contribution is 2.14. The number of nitrogens with two attached hydrogens (primary N) is 1. The Hall–Kier alpha value is -1.35. The minimum absolute atomic E-state index is 0.0738. The van der Waals surface area contributed by atoms with E-state index < -0.39 is 0 Å². The van der Waals surface area contributed by atoms with E-state index in [1.54, 1.807) is 0 Å². The zero-order valence-corrected chi connectivity index (χ0v) is 8.15. The molecule has 0 heterocycles. The standard InChI is InChI=1S/C11H16N2O/c12-11(7-4-8-13-9-14)10-5-2-1-3-6-10/h1-3,5-6,9,11H,4,7-8,12H2,(H,13,14)/t11-/m1/s1. The molecule has 0 unspecified atom stereocenters. The van der Waals surface area contributed by atoms with Crippen LogP contribution in [0.5, 0.6) is 0 Å². The first-order valence-electron chi connectivity index (χ1n) is 4.82. The summed E-state index contributed by atoms with van der Waals surface area (Å²) < 4.78 is 0. The van der Waals surface area contributed by atoms with Crippen molar-refractivity contribution in [2.75, 3.05) is 6.54 Å². The molecular formula is C11H16N2O. The van der Waals surface area contributed by atoms with E-state index >= 15 is 0 Å². The fourth-order valence-electron chi connectivity index (χ4n) is 1.35. The van der Waals surface area contributed by atoms with Crippen LogP contribution in [0, 0.1) is 0 Å². The van der Waals surface area contributed by atoms with Crippen LogP contribution in [0.2, 0.25) is 0 Å². The molecule has 0 saturated heterocycles. The lowest BCUT2D eigenvalue weighted by molar-refractivity contribution is -0.109. The number of carbonyl (C=O) groups excluding carboxylic acids is 1. The van der Waals surface area contributed by atoms with E-state index in [1.165, 1.54) is 0 Å². The molecule has 14 heavy (non-hydrogen) atoms. The molecule has 1 atom stereocenters. The summed E-state index contributed by atoms with van der Waals surface area (Å²) in [6, 6.07) is 10.1. The molecule has 3 heteroatoms. The smallest absolute Gasteiger partial charge is 0.207 e. The molecule has 1 amide bonds. The van der Waals surface area contributed by atoms with Crippen molar-refractivity contribution in [1.29, 1.82) is 0 Å². The van der Waals surface area contributed by atoms with Crippen molar-refractivity contribution in [2.45, 2.75) is 18.9 Å². The van der Waals surface area contributed by atoms with Crippen molar-refractivity contribution in [3.05, 3.63) is 35.9 Å². The summed E-state index contributed by atoms with van der Waals surface area (Å²) in [5.41, 5.74) is 7.11. The Balaban J connectivity index is 2.28. The van der Waals surface area contributed by atoms with Gasteiger partial charge in [-0.25, -0.2) is 0 Å². The van der Waals surface area contributed by atoms with Gasteiger partial charge in [-0.15, -0.1) is 0 Å². The molecule has 1 rings (SSSR count). The van der Waals surface area contributed by atoms with Crippen LogP contribution in [-0.2, 0) is 4.79 Å². The Kier molecular flexibility index (Phi) is 4.72. The van der Waals surface area contributed by atoms with E-state index in [2.05, 4.69) is 5.32 Å². The summed E-state index contributed by atoms with van der Waals surface area (Å²) in [5, 5.41) is 2.62. The van der Waals surface area contributed by atoms with Gasteiger partial charge in [0, 0.05) is 12.6 Å². The number of rotatable bonds is 6. The van der Waals surface area contributed by atoms with Crippen LogP contribution >= 0.6 is 0 Å². The van der Waals surface area contributed by atoms with E-state index in [1.807, 2.05) is 30.3 Å². The van der Waals surface area contributed by atoms with Crippen LogP contribution in [-0.4, -0.2) is 13.0 Å². The van der Waals surface area contributed by atoms with Crippen molar-refractivity contribution >= 4 is 6.41 Å². The lowest BCUT2D eigenvalue weighted by atomic mass is 10.0. The third-order valence-corrected chi connectivity index (χ3v) is 2.15. The van der Waals surface area contributed by atoms with E-state index in [0.717, 1.165) is 18.4 Å². The molecule has 0 fully saturated rings. The summed E-state index contributed by atoms with van der Waals surface area (Å²) in [7, 11) is 0. The van der Waals surface area contributed by atoms with Crippen LogP contribution in [0.1, 0.15) is 24.4 Å². The monoisotopic (exact) mass is 192 g/mol. The van der Waals surface area contributed by atoms with E-state index in [-0.39, 0.29) is 6.04 Å². The van der Waals surface area contributed by atoms with Crippen molar-refractivity contribution in [2.24, 2.45) is 5.73 Å². The van der Waals surface area contributed by atoms with Crippen molar-refractivity contribution in [1.82, 2.24) is 5.32 Å². The van der Waals surface area contributed by atoms with Gasteiger partial charge in [-0.3, -0.25) is 4.79 Å². The molecule has 0 aliphatic carbocycles. The average molecular weight is 192 g/mol. The van der Waals surface area contributed by atoms with E-state index in [9.17, 15) is 4.79 Å². The zero-order chi connectivity index (χ0) is 10.2. The van der Waals surface area contributed by atoms with E-state index in [0.29, 0.717) is 13.0 Å². The highest BCUT2D eigenvalue weighted by molar-refractivity contribution is 5.45. The predicted octanol–water partition coefficient (Wildman–Crippen LogP) is 1.21. The van der Waals surface area contributed by atoms with Gasteiger partial charge in [-0.1, -0.05) is 30.3 Å². The van der Waals surface area contributed by atoms with Gasteiger partial charge in [-0.2, -0.15) is 0 Å². The molecule has 0 aromatic heterocycles. The summed E-state index contributed by atoms with van der Waals surface area (Å²) in [4.78, 5) is 9.98. The Morgan fingerprint density at radius 1 is 1.36 bits per heavy atom. The Bertz CT molecular complexity index is 261. The van der Waals surface area contributed by atoms with Gasteiger partial charge >= 0.3 is 0 Å². The van der Waals surface area contributed by atoms with Crippen molar-refractivity contribution in [3.63, 3.8) is 0 Å². The third kappa shape index (κ3) is 3.58. The molecule has 0 radical (unpaired) electrons. The number of nitrogens with one attached hydrogen (secondary N) is 1. The van der Waals surface area contributed by atoms with Gasteiger partial charge < -0.3 is 11.1 Å². The number of amides is 1. The van der Waals surface area contributed by atoms with Crippen molar-refractivity contribution < 1.29 is 4.79 Å². The van der Waals surface area contributed by atoms with Crippen molar-refractivity contribution in [3.8, 4) is 0 Å². The fraction of sp³-hybridized carbons (Fsp3) is 0.364. The molecule has 0 aliphatic rings. The summed E-state index contributed by atoms with van der Waals surface area (Å²) in [6.07, 6.45) is 2.52. The van der Waals surface area contributed by atoms with Gasteiger partial charge in [0.2, 0.25) is 6.41 Å². The minimum atomic E-state index is 0.0738. The Morgan fingerprint density at radius 2 is 2.07 bits per heavy atom. The summed E-state index contributed by atoms with van der Waals surface area (Å²) >= 11 is 0. The number of hydrogen-bond acceptors (Lipinski definition) is 2. The van der Waals surface area contributed by atoms with Crippen LogP contribution in [0.4, 0.5) is 0 Å².